The zero-order chi connectivity index (χ0) is 26.1. The van der Waals surface area contributed by atoms with Crippen LogP contribution < -0.4 is 0 Å². The van der Waals surface area contributed by atoms with Crippen molar-refractivity contribution in [3.63, 3.8) is 0 Å². The van der Waals surface area contributed by atoms with E-state index in [1.807, 2.05) is 0 Å². The molecule has 0 aromatic rings. The van der Waals surface area contributed by atoms with Gasteiger partial charge < -0.3 is 24.6 Å². The van der Waals surface area contributed by atoms with Crippen molar-refractivity contribution in [2.24, 2.45) is 50.7 Å². The van der Waals surface area contributed by atoms with Crippen LogP contribution in [0.25, 0.3) is 0 Å². The van der Waals surface area contributed by atoms with Gasteiger partial charge in [0.1, 0.15) is 6.61 Å². The van der Waals surface area contributed by atoms with Crippen molar-refractivity contribution in [2.45, 2.75) is 110 Å². The van der Waals surface area contributed by atoms with Crippen molar-refractivity contribution in [1.29, 1.82) is 0 Å². The molecule has 0 unspecified atom stereocenters. The second-order valence-electron chi connectivity index (χ2n) is 15.1. The number of carbonyl (C=O) groups excluding carboxylic acids is 1. The highest BCUT2D eigenvalue weighted by Crippen LogP contribution is 2.89. The Bertz CT molecular complexity index is 936. The highest BCUT2D eigenvalue weighted by Gasteiger charge is 2.84. The van der Waals surface area contributed by atoms with Crippen LogP contribution in [0.15, 0.2) is 0 Å². The summed E-state index contributed by atoms with van der Waals surface area (Å²) in [5, 5.41) is 23.1. The Labute approximate surface area is 217 Å². The van der Waals surface area contributed by atoms with Gasteiger partial charge in [-0.05, 0) is 96.7 Å². The molecule has 5 aliphatic carbocycles. The summed E-state index contributed by atoms with van der Waals surface area (Å²) in [4.78, 5) is 13.5. The molecule has 0 aromatic carbocycles. The van der Waals surface area contributed by atoms with Crippen molar-refractivity contribution in [3.05, 3.63) is 0 Å². The highest BCUT2D eigenvalue weighted by atomic mass is 16.6. The minimum Gasteiger partial charge on any atom is -0.447 e. The number of hydrogen-bond donors (Lipinski definition) is 2. The van der Waals surface area contributed by atoms with Crippen LogP contribution in [0.1, 0.15) is 86.0 Å². The van der Waals surface area contributed by atoms with Gasteiger partial charge in [0.05, 0.1) is 24.4 Å². The van der Waals surface area contributed by atoms with Gasteiger partial charge in [0.25, 0.3) is 0 Å². The predicted molar refractivity (Wildman–Crippen MR) is 137 cm³/mol. The first-order valence-electron chi connectivity index (χ1n) is 14.6. The van der Waals surface area contributed by atoms with Crippen LogP contribution >= 0.6 is 0 Å². The summed E-state index contributed by atoms with van der Waals surface area (Å²) in [5.74, 6) is 1.83. The normalized spacial score (nSPS) is 56.4. The quantitative estimate of drug-likeness (QED) is 0.563. The standard InChI is InChI=1S/C30H49NO5/c1-17-14-18(15-35-25(34)31(6)7)36-23-22(17)27(4)12-13-30-16-29(30)11-10-21(32)26(2,3)19(29)8-9-20(30)28(27,5)24(23)33/h17-24,32-33H,8-16H2,1-7H3/t17-,18-,19+,20+,21+,22+,23+,24+,27-,28-,29-,30+/m1/s1. The lowest BCUT2D eigenvalue weighted by atomic mass is 9.41. The van der Waals surface area contributed by atoms with Crippen LogP contribution in [0, 0.1) is 50.7 Å². The number of ether oxygens (including phenoxy) is 2. The molecule has 6 rings (SSSR count). The maximum atomic E-state index is 12.2. The molecule has 6 fully saturated rings. The molecule has 1 saturated heterocycles. The van der Waals surface area contributed by atoms with Gasteiger partial charge in [-0.25, -0.2) is 4.79 Å². The summed E-state index contributed by atoms with van der Waals surface area (Å²) >= 11 is 0. The lowest BCUT2D eigenvalue weighted by Crippen LogP contribution is -2.59. The number of carbonyl (C=O) groups is 1. The SMILES string of the molecule is C[C@@H]1C[C@H](COC(=O)N(C)C)O[C@H]2[C@H]1[C@@]1(C)CC[C@@]34C[C@@]35CC[C@H](O)C(C)(C)[C@@H]5CC[C@H]4[C@]1(C)[C@H]2O. The fourth-order valence-electron chi connectivity index (χ4n) is 11.8. The maximum Gasteiger partial charge on any atom is 0.409 e. The van der Waals surface area contributed by atoms with Gasteiger partial charge in [0, 0.05) is 19.5 Å². The number of hydrogen-bond acceptors (Lipinski definition) is 5. The van der Waals surface area contributed by atoms with Gasteiger partial charge in [-0.2, -0.15) is 0 Å². The third-order valence-corrected chi connectivity index (χ3v) is 13.6. The molecule has 0 aromatic heterocycles. The van der Waals surface area contributed by atoms with Gasteiger partial charge in [-0.1, -0.05) is 34.6 Å². The average Bonchev–Trinajstić information content (AvgIpc) is 3.45. The van der Waals surface area contributed by atoms with Crippen molar-refractivity contribution >= 4 is 6.09 Å². The molecule has 2 N–H and O–H groups in total. The average molecular weight is 504 g/mol. The van der Waals surface area contributed by atoms with Crippen LogP contribution in [0.4, 0.5) is 4.79 Å². The van der Waals surface area contributed by atoms with Gasteiger partial charge in [0.15, 0.2) is 0 Å². The molecule has 6 heteroatoms. The monoisotopic (exact) mass is 503 g/mol. The number of nitrogens with zero attached hydrogens (tertiary/aromatic N) is 1. The number of fused-ring (bicyclic) bond motifs is 4. The van der Waals surface area contributed by atoms with E-state index < -0.39 is 6.10 Å². The Balaban J connectivity index is 1.30. The summed E-state index contributed by atoms with van der Waals surface area (Å²) in [5.41, 5.74) is 0.508. The Morgan fingerprint density at radius 3 is 2.36 bits per heavy atom. The zero-order valence-corrected chi connectivity index (χ0v) is 23.5. The Morgan fingerprint density at radius 1 is 1.00 bits per heavy atom. The van der Waals surface area contributed by atoms with Crippen molar-refractivity contribution in [2.75, 3.05) is 20.7 Å². The molecule has 0 radical (unpaired) electrons. The number of aliphatic hydroxyl groups excluding tert-OH is 2. The molecular formula is C30H49NO5. The summed E-state index contributed by atoms with van der Waals surface area (Å²) in [6, 6.07) is 0. The molecule has 12 atom stereocenters. The number of rotatable bonds is 2. The molecule has 1 heterocycles. The lowest BCUT2D eigenvalue weighted by molar-refractivity contribution is -0.182. The second kappa shape index (κ2) is 7.63. The topological polar surface area (TPSA) is 79.2 Å². The summed E-state index contributed by atoms with van der Waals surface area (Å²) in [6.07, 6.45) is 7.59. The molecule has 6 nitrogen and oxygen atoms in total. The highest BCUT2D eigenvalue weighted by molar-refractivity contribution is 5.66. The Hall–Kier alpha value is -0.850. The van der Waals surface area contributed by atoms with E-state index in [9.17, 15) is 15.0 Å². The van der Waals surface area contributed by atoms with Gasteiger partial charge in [-0.3, -0.25) is 0 Å². The van der Waals surface area contributed by atoms with E-state index in [-0.39, 0.29) is 47.3 Å². The van der Waals surface area contributed by atoms with E-state index in [1.165, 1.54) is 24.2 Å². The molecule has 204 valence electrons. The smallest absolute Gasteiger partial charge is 0.409 e. The Kier molecular flexibility index (Phi) is 5.39. The van der Waals surface area contributed by atoms with E-state index in [1.54, 1.807) is 14.1 Å². The largest absolute Gasteiger partial charge is 0.447 e. The van der Waals surface area contributed by atoms with E-state index in [0.717, 1.165) is 32.1 Å². The van der Waals surface area contributed by atoms with Crippen LogP contribution in [-0.4, -0.2) is 66.3 Å². The second-order valence-corrected chi connectivity index (χ2v) is 15.1. The van der Waals surface area contributed by atoms with Crippen molar-refractivity contribution in [3.8, 4) is 0 Å². The van der Waals surface area contributed by atoms with Crippen molar-refractivity contribution < 1.29 is 24.5 Å². The van der Waals surface area contributed by atoms with Gasteiger partial charge in [0.2, 0.25) is 0 Å². The van der Waals surface area contributed by atoms with E-state index in [0.29, 0.717) is 34.5 Å². The molecule has 1 amide bonds. The first kappa shape index (κ1) is 25.4. The minimum absolute atomic E-state index is 0.0223. The fraction of sp³-hybridized carbons (Fsp3) is 0.967. The van der Waals surface area contributed by atoms with Crippen LogP contribution in [0.2, 0.25) is 0 Å². The van der Waals surface area contributed by atoms with Crippen LogP contribution in [0.3, 0.4) is 0 Å². The molecule has 1 aliphatic heterocycles. The van der Waals surface area contributed by atoms with Crippen LogP contribution in [-0.2, 0) is 9.47 Å². The van der Waals surface area contributed by atoms with Gasteiger partial charge >= 0.3 is 6.09 Å². The fourth-order valence-corrected chi connectivity index (χ4v) is 11.8. The summed E-state index contributed by atoms with van der Waals surface area (Å²) < 4.78 is 12.1. The predicted octanol–water partition coefficient (Wildman–Crippen LogP) is 4.86. The molecule has 5 saturated carbocycles. The lowest BCUT2D eigenvalue weighted by Gasteiger charge is -2.63. The molecular weight excluding hydrogens is 454 g/mol. The minimum atomic E-state index is -0.499. The molecule has 36 heavy (non-hydrogen) atoms. The van der Waals surface area contributed by atoms with E-state index in [2.05, 4.69) is 34.6 Å². The summed E-state index contributed by atoms with van der Waals surface area (Å²) in [6.45, 7) is 12.1. The number of aliphatic hydroxyl groups is 2. The van der Waals surface area contributed by atoms with Crippen LogP contribution in [0.5, 0.6) is 0 Å². The third kappa shape index (κ3) is 2.82. The Morgan fingerprint density at radius 2 is 1.67 bits per heavy atom. The van der Waals surface area contributed by atoms with Crippen molar-refractivity contribution in [1.82, 2.24) is 4.90 Å². The zero-order valence-electron chi connectivity index (χ0n) is 23.5. The third-order valence-electron chi connectivity index (χ3n) is 13.6. The first-order valence-corrected chi connectivity index (χ1v) is 14.6. The van der Waals surface area contributed by atoms with Gasteiger partial charge in [-0.15, -0.1) is 0 Å². The van der Waals surface area contributed by atoms with E-state index in [4.69, 9.17) is 9.47 Å². The first-order chi connectivity index (χ1) is 16.8. The maximum absolute atomic E-state index is 12.2. The molecule has 6 aliphatic rings. The molecule has 0 bridgehead atoms. The number of amides is 1. The van der Waals surface area contributed by atoms with E-state index >= 15 is 0 Å². The summed E-state index contributed by atoms with van der Waals surface area (Å²) in [7, 11) is 3.39. The molecule has 2 spiro atoms.